The summed E-state index contributed by atoms with van der Waals surface area (Å²) in [6.45, 7) is 3.33. The first-order valence-electron chi connectivity index (χ1n) is 5.58. The maximum absolute atomic E-state index is 5.12. The Kier molecular flexibility index (Phi) is 3.22. The highest BCUT2D eigenvalue weighted by Gasteiger charge is 2.21. The van der Waals surface area contributed by atoms with Gasteiger partial charge >= 0.3 is 0 Å². The van der Waals surface area contributed by atoms with Crippen molar-refractivity contribution in [3.8, 4) is 0 Å². The molecule has 0 aromatic carbocycles. The van der Waals surface area contributed by atoms with E-state index in [9.17, 15) is 0 Å². The Morgan fingerprint density at radius 1 is 1.40 bits per heavy atom. The molecule has 1 fully saturated rings. The van der Waals surface area contributed by atoms with Crippen LogP contribution < -0.4 is 0 Å². The molecule has 1 aromatic heterocycles. The fourth-order valence-corrected chi connectivity index (χ4v) is 2.64. The van der Waals surface area contributed by atoms with Crippen LogP contribution in [0.15, 0.2) is 12.1 Å². The van der Waals surface area contributed by atoms with E-state index in [0.717, 1.165) is 4.64 Å². The predicted molar refractivity (Wildman–Crippen MR) is 65.6 cm³/mol. The van der Waals surface area contributed by atoms with Gasteiger partial charge < -0.3 is 4.98 Å². The van der Waals surface area contributed by atoms with Crippen LogP contribution in [0, 0.1) is 11.6 Å². The van der Waals surface area contributed by atoms with Gasteiger partial charge in [-0.1, -0.05) is 24.7 Å². The van der Waals surface area contributed by atoms with Crippen LogP contribution in [-0.2, 0) is 0 Å². The monoisotopic (exact) mass is 222 g/mol. The SMILES string of the molecule is Cc1[nH]c(=S)ccc1C1CCCCN1C. The maximum Gasteiger partial charge on any atom is 0.103 e. The second-order valence-corrected chi connectivity index (χ2v) is 4.83. The Morgan fingerprint density at radius 2 is 2.20 bits per heavy atom. The molecule has 15 heavy (non-hydrogen) atoms. The number of hydrogen-bond acceptors (Lipinski definition) is 2. The molecule has 0 saturated carbocycles. The van der Waals surface area contributed by atoms with Gasteiger partial charge in [0.25, 0.3) is 0 Å². The lowest BCUT2D eigenvalue weighted by Crippen LogP contribution is -2.30. The van der Waals surface area contributed by atoms with Gasteiger partial charge in [-0.05, 0) is 45.0 Å². The highest BCUT2D eigenvalue weighted by molar-refractivity contribution is 7.71. The minimum absolute atomic E-state index is 0.575. The molecule has 2 rings (SSSR count). The molecule has 0 aliphatic carbocycles. The van der Waals surface area contributed by atoms with E-state index in [0.29, 0.717) is 6.04 Å². The maximum atomic E-state index is 5.12. The van der Waals surface area contributed by atoms with Crippen molar-refractivity contribution in [3.05, 3.63) is 28.0 Å². The van der Waals surface area contributed by atoms with Gasteiger partial charge in [0.2, 0.25) is 0 Å². The molecule has 82 valence electrons. The fourth-order valence-electron chi connectivity index (χ4n) is 2.42. The minimum Gasteiger partial charge on any atom is -0.350 e. The van der Waals surface area contributed by atoms with E-state index < -0.39 is 0 Å². The highest BCUT2D eigenvalue weighted by atomic mass is 32.1. The molecular weight excluding hydrogens is 204 g/mol. The zero-order valence-electron chi connectivity index (χ0n) is 9.42. The Balaban J connectivity index is 2.31. The van der Waals surface area contributed by atoms with Crippen molar-refractivity contribution in [3.63, 3.8) is 0 Å². The van der Waals surface area contributed by atoms with Crippen LogP contribution in [-0.4, -0.2) is 23.5 Å². The summed E-state index contributed by atoms with van der Waals surface area (Å²) >= 11 is 5.12. The van der Waals surface area contributed by atoms with Crippen molar-refractivity contribution in [2.75, 3.05) is 13.6 Å². The average Bonchev–Trinajstić information content (AvgIpc) is 2.20. The van der Waals surface area contributed by atoms with Gasteiger partial charge in [0.05, 0.1) is 0 Å². The molecule has 1 unspecified atom stereocenters. The Morgan fingerprint density at radius 3 is 2.87 bits per heavy atom. The number of pyridine rings is 1. The molecule has 2 nitrogen and oxygen atoms in total. The molecule has 0 amide bonds. The van der Waals surface area contributed by atoms with Crippen molar-refractivity contribution < 1.29 is 0 Å². The number of likely N-dealkylation sites (tertiary alicyclic amines) is 1. The van der Waals surface area contributed by atoms with Crippen molar-refractivity contribution in [2.24, 2.45) is 0 Å². The first-order chi connectivity index (χ1) is 7.18. The summed E-state index contributed by atoms with van der Waals surface area (Å²) in [6.07, 6.45) is 3.93. The number of nitrogens with one attached hydrogen (secondary N) is 1. The van der Waals surface area contributed by atoms with Gasteiger partial charge in [0.15, 0.2) is 0 Å². The van der Waals surface area contributed by atoms with E-state index in [1.807, 2.05) is 6.07 Å². The summed E-state index contributed by atoms with van der Waals surface area (Å²) in [6, 6.07) is 4.76. The number of H-pyrrole nitrogens is 1. The lowest BCUT2D eigenvalue weighted by Gasteiger charge is -2.33. The van der Waals surface area contributed by atoms with Gasteiger partial charge in [-0.3, -0.25) is 4.90 Å². The van der Waals surface area contributed by atoms with E-state index in [1.54, 1.807) is 0 Å². The zero-order chi connectivity index (χ0) is 10.8. The Hall–Kier alpha value is -0.670. The van der Waals surface area contributed by atoms with Gasteiger partial charge in [0, 0.05) is 11.7 Å². The third-order valence-corrected chi connectivity index (χ3v) is 3.53. The van der Waals surface area contributed by atoms with Crippen LogP contribution in [0.4, 0.5) is 0 Å². The third kappa shape index (κ3) is 2.29. The van der Waals surface area contributed by atoms with Crippen molar-refractivity contribution in [1.29, 1.82) is 0 Å². The zero-order valence-corrected chi connectivity index (χ0v) is 10.2. The van der Waals surface area contributed by atoms with E-state index in [-0.39, 0.29) is 0 Å². The summed E-state index contributed by atoms with van der Waals surface area (Å²) in [4.78, 5) is 5.69. The molecule has 1 aliphatic heterocycles. The van der Waals surface area contributed by atoms with Crippen molar-refractivity contribution in [1.82, 2.24) is 9.88 Å². The number of hydrogen-bond donors (Lipinski definition) is 1. The highest BCUT2D eigenvalue weighted by Crippen LogP contribution is 2.30. The lowest BCUT2D eigenvalue weighted by molar-refractivity contribution is 0.186. The Bertz CT molecular complexity index is 397. The Labute approximate surface area is 96.3 Å². The van der Waals surface area contributed by atoms with E-state index in [1.165, 1.54) is 37.1 Å². The molecule has 0 bridgehead atoms. The third-order valence-electron chi connectivity index (χ3n) is 3.29. The first-order valence-corrected chi connectivity index (χ1v) is 5.99. The van der Waals surface area contributed by atoms with Gasteiger partial charge in [-0.15, -0.1) is 0 Å². The molecule has 0 radical (unpaired) electrons. The second-order valence-electron chi connectivity index (χ2n) is 4.40. The average molecular weight is 222 g/mol. The number of aryl methyl sites for hydroxylation is 1. The molecular formula is C12H18N2S. The molecule has 1 aliphatic rings. The quantitative estimate of drug-likeness (QED) is 0.736. The smallest absolute Gasteiger partial charge is 0.103 e. The first kappa shape index (κ1) is 10.8. The van der Waals surface area contributed by atoms with Crippen molar-refractivity contribution in [2.45, 2.75) is 32.2 Å². The molecule has 0 spiro atoms. The summed E-state index contributed by atoms with van der Waals surface area (Å²) in [5, 5.41) is 0. The summed E-state index contributed by atoms with van der Waals surface area (Å²) in [5.74, 6) is 0. The van der Waals surface area contributed by atoms with Crippen molar-refractivity contribution >= 4 is 12.2 Å². The van der Waals surface area contributed by atoms with Crippen LogP contribution >= 0.6 is 12.2 Å². The number of piperidine rings is 1. The second kappa shape index (κ2) is 4.45. The van der Waals surface area contributed by atoms with Crippen LogP contribution in [0.3, 0.4) is 0 Å². The number of nitrogens with zero attached hydrogens (tertiary/aromatic N) is 1. The van der Waals surface area contributed by atoms with Crippen LogP contribution in [0.25, 0.3) is 0 Å². The fraction of sp³-hybridized carbons (Fsp3) is 0.583. The molecule has 2 heterocycles. The van der Waals surface area contributed by atoms with Gasteiger partial charge in [-0.25, -0.2) is 0 Å². The largest absolute Gasteiger partial charge is 0.350 e. The normalized spacial score (nSPS) is 22.9. The number of aromatic nitrogens is 1. The molecule has 3 heteroatoms. The summed E-state index contributed by atoms with van der Waals surface area (Å²) in [5.41, 5.74) is 2.63. The minimum atomic E-state index is 0.575. The van der Waals surface area contributed by atoms with Gasteiger partial charge in [0.1, 0.15) is 4.64 Å². The summed E-state index contributed by atoms with van der Waals surface area (Å²) in [7, 11) is 2.21. The van der Waals surface area contributed by atoms with Gasteiger partial charge in [-0.2, -0.15) is 0 Å². The van der Waals surface area contributed by atoms with Crippen LogP contribution in [0.5, 0.6) is 0 Å². The molecule has 1 atom stereocenters. The molecule has 1 N–H and O–H groups in total. The molecule has 1 saturated heterocycles. The topological polar surface area (TPSA) is 19.0 Å². The van der Waals surface area contributed by atoms with E-state index >= 15 is 0 Å². The molecule has 1 aromatic rings. The number of rotatable bonds is 1. The van der Waals surface area contributed by atoms with Crippen LogP contribution in [0.2, 0.25) is 0 Å². The summed E-state index contributed by atoms with van der Waals surface area (Å²) < 4.78 is 0.828. The van der Waals surface area contributed by atoms with E-state index in [4.69, 9.17) is 12.2 Å². The number of aromatic amines is 1. The van der Waals surface area contributed by atoms with E-state index in [2.05, 4.69) is 29.9 Å². The lowest BCUT2D eigenvalue weighted by atomic mass is 9.95. The predicted octanol–water partition coefficient (Wildman–Crippen LogP) is 3.21. The standard InChI is InChI=1S/C12H18N2S/c1-9-10(6-7-12(15)13-9)11-5-3-4-8-14(11)2/h6-7,11H,3-5,8H2,1-2H3,(H,13,15). The van der Waals surface area contributed by atoms with Crippen LogP contribution in [0.1, 0.15) is 36.6 Å².